The van der Waals surface area contributed by atoms with Gasteiger partial charge in [-0.2, -0.15) is 28.5 Å². The van der Waals surface area contributed by atoms with Crippen LogP contribution >= 0.6 is 0 Å². The zero-order chi connectivity index (χ0) is 29.5. The first-order chi connectivity index (χ1) is 20.3. The van der Waals surface area contributed by atoms with Gasteiger partial charge in [0.15, 0.2) is 16.4 Å². The predicted molar refractivity (Wildman–Crippen MR) is 154 cm³/mol. The lowest BCUT2D eigenvalue weighted by Crippen LogP contribution is -2.38. The van der Waals surface area contributed by atoms with Gasteiger partial charge in [-0.3, -0.25) is 10.1 Å². The zero-order valence-corrected chi connectivity index (χ0v) is 23.7. The third-order valence-electron chi connectivity index (χ3n) is 6.64. The molecule has 2 fully saturated rings. The van der Waals surface area contributed by atoms with Gasteiger partial charge in [0.1, 0.15) is 0 Å². The van der Waals surface area contributed by atoms with Crippen molar-refractivity contribution in [2.24, 2.45) is 5.10 Å². The van der Waals surface area contributed by atoms with Gasteiger partial charge < -0.3 is 23.5 Å². The average molecular weight is 599 g/mol. The van der Waals surface area contributed by atoms with E-state index in [9.17, 15) is 18.5 Å². The molecule has 2 aliphatic heterocycles. The van der Waals surface area contributed by atoms with Gasteiger partial charge in [-0.15, -0.1) is 0 Å². The monoisotopic (exact) mass is 598 g/mol. The van der Waals surface area contributed by atoms with Crippen LogP contribution in [-0.2, 0) is 14.9 Å². The maximum absolute atomic E-state index is 12.8. The molecule has 0 saturated carbocycles. The Kier molecular flexibility index (Phi) is 8.92. The number of rotatable bonds is 10. The van der Waals surface area contributed by atoms with Gasteiger partial charge in [-0.1, -0.05) is 12.1 Å². The number of hydrogen-bond donors (Lipinski definition) is 1. The number of methoxy groups -OCH3 is 1. The average Bonchev–Trinajstić information content (AvgIpc) is 3.02. The number of piperidine rings is 1. The molecule has 0 bridgehead atoms. The molecule has 2 saturated heterocycles. The molecule has 2 aliphatic rings. The van der Waals surface area contributed by atoms with Gasteiger partial charge in [-0.05, 0) is 49.1 Å². The van der Waals surface area contributed by atoms with Gasteiger partial charge in [0.05, 0.1) is 31.5 Å². The molecule has 16 heteroatoms. The number of nitrogens with one attached hydrogen (secondary N) is 1. The first-order valence-corrected chi connectivity index (χ1v) is 14.7. The molecule has 1 aromatic heterocycles. The molecule has 1 N–H and O–H groups in total. The first kappa shape index (κ1) is 28.9. The Bertz CT molecular complexity index is 1520. The minimum atomic E-state index is -4.52. The van der Waals surface area contributed by atoms with Crippen LogP contribution in [0.3, 0.4) is 0 Å². The Morgan fingerprint density at radius 1 is 0.976 bits per heavy atom. The van der Waals surface area contributed by atoms with Crippen LogP contribution in [0.15, 0.2) is 52.5 Å². The fourth-order valence-electron chi connectivity index (χ4n) is 4.52. The molecule has 42 heavy (non-hydrogen) atoms. The third-order valence-corrected chi connectivity index (χ3v) is 7.92. The molecule has 0 spiro atoms. The Balaban J connectivity index is 1.34. The van der Waals surface area contributed by atoms with Crippen LogP contribution in [0, 0.1) is 10.1 Å². The van der Waals surface area contributed by atoms with Crippen molar-refractivity contribution in [2.45, 2.75) is 24.2 Å². The lowest BCUT2D eigenvalue weighted by atomic mass is 10.1. The zero-order valence-electron chi connectivity index (χ0n) is 22.9. The molecule has 0 aliphatic carbocycles. The van der Waals surface area contributed by atoms with Crippen molar-refractivity contribution in [3.63, 3.8) is 0 Å². The number of nitrogens with zero attached hydrogens (tertiary/aromatic N) is 7. The van der Waals surface area contributed by atoms with Gasteiger partial charge in [0.2, 0.25) is 17.8 Å². The van der Waals surface area contributed by atoms with E-state index in [0.29, 0.717) is 43.8 Å². The standard InChI is InChI=1S/C26H30N8O7S/c1-39-22-17-19(9-10-21(22)41-42(37,38)23-8-4-3-7-20(23)34(35)36)18-27-31-24-28-25(32-11-5-2-6-12-32)30-26(29-24)33-13-15-40-16-14-33/h3-4,7-10,17-18H,2,5-6,11-16H2,1H3,(H,28,29,30,31)/b27-18+. The van der Waals surface area contributed by atoms with Crippen molar-refractivity contribution in [3.8, 4) is 11.5 Å². The molecule has 5 rings (SSSR count). The summed E-state index contributed by atoms with van der Waals surface area (Å²) in [5.74, 6) is 1.37. The Hall–Kier alpha value is -4.57. The second kappa shape index (κ2) is 12.9. The summed E-state index contributed by atoms with van der Waals surface area (Å²) in [6.45, 7) is 4.28. The third kappa shape index (κ3) is 6.83. The highest BCUT2D eigenvalue weighted by Crippen LogP contribution is 2.32. The van der Waals surface area contributed by atoms with Gasteiger partial charge >= 0.3 is 10.1 Å². The second-order valence-electron chi connectivity index (χ2n) is 9.45. The highest BCUT2D eigenvalue weighted by atomic mass is 32.2. The summed E-state index contributed by atoms with van der Waals surface area (Å²) in [6.07, 6.45) is 4.81. The number of morpholine rings is 1. The van der Waals surface area contributed by atoms with Crippen LogP contribution in [0.25, 0.3) is 0 Å². The number of aromatic nitrogens is 3. The van der Waals surface area contributed by atoms with Crippen molar-refractivity contribution in [3.05, 3.63) is 58.1 Å². The number of para-hydroxylation sites is 1. The number of ether oxygens (including phenoxy) is 2. The van der Waals surface area contributed by atoms with Gasteiger partial charge in [-0.25, -0.2) is 5.43 Å². The van der Waals surface area contributed by atoms with E-state index < -0.39 is 25.6 Å². The molecule has 0 unspecified atom stereocenters. The van der Waals surface area contributed by atoms with Crippen LogP contribution in [0.2, 0.25) is 0 Å². The van der Waals surface area contributed by atoms with E-state index in [1.807, 2.05) is 0 Å². The maximum atomic E-state index is 12.8. The molecule has 15 nitrogen and oxygen atoms in total. The van der Waals surface area contributed by atoms with Gasteiger partial charge in [0, 0.05) is 32.2 Å². The smallest absolute Gasteiger partial charge is 0.346 e. The van der Waals surface area contributed by atoms with Crippen molar-refractivity contribution >= 4 is 39.9 Å². The highest BCUT2D eigenvalue weighted by molar-refractivity contribution is 7.87. The quantitative estimate of drug-likeness (QED) is 0.156. The summed E-state index contributed by atoms with van der Waals surface area (Å²) in [5.41, 5.74) is 2.83. The lowest BCUT2D eigenvalue weighted by molar-refractivity contribution is -0.387. The summed E-state index contributed by atoms with van der Waals surface area (Å²) in [5, 5.41) is 15.6. The van der Waals surface area contributed by atoms with Crippen LogP contribution in [0.4, 0.5) is 23.5 Å². The van der Waals surface area contributed by atoms with Crippen molar-refractivity contribution in [2.75, 3.05) is 61.7 Å². The molecule has 0 atom stereocenters. The molecule has 0 radical (unpaired) electrons. The molecular weight excluding hydrogens is 568 g/mol. The number of nitro groups is 1. The topological polar surface area (TPSA) is 175 Å². The Morgan fingerprint density at radius 3 is 2.36 bits per heavy atom. The van der Waals surface area contributed by atoms with E-state index in [2.05, 4.69) is 30.3 Å². The van der Waals surface area contributed by atoms with Crippen molar-refractivity contribution < 1.29 is 27.0 Å². The molecule has 0 amide bonds. The van der Waals surface area contributed by atoms with E-state index in [1.54, 1.807) is 6.07 Å². The molecule has 3 heterocycles. The van der Waals surface area contributed by atoms with Crippen molar-refractivity contribution in [1.29, 1.82) is 0 Å². The van der Waals surface area contributed by atoms with Crippen LogP contribution in [-0.4, -0.2) is 81.0 Å². The number of benzene rings is 2. The molecule has 2 aromatic carbocycles. The second-order valence-corrected chi connectivity index (χ2v) is 11.0. The fourth-order valence-corrected chi connectivity index (χ4v) is 5.63. The molecular formula is C26H30N8O7S. The summed E-state index contributed by atoms with van der Waals surface area (Å²) >= 11 is 0. The summed E-state index contributed by atoms with van der Waals surface area (Å²) in [6, 6.07) is 9.39. The summed E-state index contributed by atoms with van der Waals surface area (Å²) in [4.78, 5) is 28.0. The number of nitro benzene ring substituents is 1. The van der Waals surface area contributed by atoms with E-state index in [1.165, 1.54) is 44.0 Å². The van der Waals surface area contributed by atoms with Crippen molar-refractivity contribution in [1.82, 2.24) is 15.0 Å². The van der Waals surface area contributed by atoms with Crippen LogP contribution < -0.4 is 24.1 Å². The molecule has 222 valence electrons. The number of hydrogen-bond acceptors (Lipinski definition) is 14. The number of hydrazone groups is 1. The summed E-state index contributed by atoms with van der Waals surface area (Å²) < 4.78 is 41.7. The van der Waals surface area contributed by atoms with E-state index in [4.69, 9.17) is 18.6 Å². The molecule has 3 aromatic rings. The fraction of sp³-hybridized carbons (Fsp3) is 0.385. The predicted octanol–water partition coefficient (Wildman–Crippen LogP) is 2.83. The number of anilines is 3. The van der Waals surface area contributed by atoms with Crippen LogP contribution in [0.5, 0.6) is 11.5 Å². The lowest BCUT2D eigenvalue weighted by Gasteiger charge is -2.30. The highest BCUT2D eigenvalue weighted by Gasteiger charge is 2.28. The van der Waals surface area contributed by atoms with Gasteiger partial charge in [0.25, 0.3) is 5.69 Å². The SMILES string of the molecule is COc1cc(/C=N/Nc2nc(N3CCCCC3)nc(N3CCOCC3)n2)ccc1OS(=O)(=O)c1ccccc1[N+](=O)[O-]. The Labute approximate surface area is 242 Å². The minimum Gasteiger partial charge on any atom is -0.493 e. The van der Waals surface area contributed by atoms with E-state index in [0.717, 1.165) is 38.1 Å². The normalized spacial score (nSPS) is 15.9. The Morgan fingerprint density at radius 2 is 1.67 bits per heavy atom. The largest absolute Gasteiger partial charge is 0.493 e. The summed E-state index contributed by atoms with van der Waals surface area (Å²) in [7, 11) is -3.17. The first-order valence-electron chi connectivity index (χ1n) is 13.3. The van der Waals surface area contributed by atoms with Crippen LogP contribution in [0.1, 0.15) is 24.8 Å². The maximum Gasteiger partial charge on any atom is 0.346 e. The van der Waals surface area contributed by atoms with E-state index in [-0.39, 0.29) is 17.4 Å². The van der Waals surface area contributed by atoms with E-state index >= 15 is 0 Å². The minimum absolute atomic E-state index is 0.0864.